The van der Waals surface area contributed by atoms with Crippen LogP contribution in [0.2, 0.25) is 0 Å². The van der Waals surface area contributed by atoms with Crippen LogP contribution in [0.5, 0.6) is 0 Å². The predicted octanol–water partition coefficient (Wildman–Crippen LogP) is 3.41. The van der Waals surface area contributed by atoms with Crippen LogP contribution < -0.4 is 5.32 Å². The van der Waals surface area contributed by atoms with Gasteiger partial charge in [0.1, 0.15) is 5.65 Å². The van der Waals surface area contributed by atoms with E-state index >= 15 is 0 Å². The smallest absolute Gasteiger partial charge is 0.252 e. The van der Waals surface area contributed by atoms with Gasteiger partial charge in [0.15, 0.2) is 0 Å². The molecule has 3 heterocycles. The minimum Gasteiger partial charge on any atom is -0.349 e. The Bertz CT molecular complexity index is 1040. The molecular weight excluding hydrogens is 338 g/mol. The van der Waals surface area contributed by atoms with Crippen LogP contribution in [0.3, 0.4) is 0 Å². The fourth-order valence-electron chi connectivity index (χ4n) is 3.01. The van der Waals surface area contributed by atoms with Gasteiger partial charge in [-0.1, -0.05) is 30.3 Å². The molecule has 1 amide bonds. The highest BCUT2D eigenvalue weighted by molar-refractivity contribution is 5.94. The Labute approximate surface area is 157 Å². The van der Waals surface area contributed by atoms with Gasteiger partial charge in [-0.2, -0.15) is 5.10 Å². The van der Waals surface area contributed by atoms with Gasteiger partial charge in [-0.05, 0) is 31.5 Å². The van der Waals surface area contributed by atoms with E-state index in [9.17, 15) is 4.79 Å². The van der Waals surface area contributed by atoms with Crippen LogP contribution >= 0.6 is 0 Å². The quantitative estimate of drug-likeness (QED) is 0.574. The Hall–Kier alpha value is -3.41. The van der Waals surface area contributed by atoms with Gasteiger partial charge in [-0.15, -0.1) is 0 Å². The maximum absolute atomic E-state index is 12.6. The fraction of sp³-hybridized carbons (Fsp3) is 0.190. The third-order valence-electron chi connectivity index (χ3n) is 4.51. The van der Waals surface area contributed by atoms with Gasteiger partial charge in [0.05, 0.1) is 11.3 Å². The maximum Gasteiger partial charge on any atom is 0.252 e. The number of amides is 1. The number of imidazole rings is 1. The van der Waals surface area contributed by atoms with Crippen LogP contribution in [0.4, 0.5) is 0 Å². The summed E-state index contributed by atoms with van der Waals surface area (Å²) in [6, 6.07) is 15.6. The normalized spacial score (nSPS) is 12.2. The Morgan fingerprint density at radius 2 is 1.96 bits per heavy atom. The number of pyridine rings is 1. The second kappa shape index (κ2) is 7.45. The third-order valence-corrected chi connectivity index (χ3v) is 4.51. The number of rotatable bonds is 6. The lowest BCUT2D eigenvalue weighted by atomic mass is 10.2. The highest BCUT2D eigenvalue weighted by atomic mass is 16.1. The van der Waals surface area contributed by atoms with Crippen LogP contribution in [-0.4, -0.2) is 31.1 Å². The highest BCUT2D eigenvalue weighted by Crippen LogP contribution is 2.19. The van der Waals surface area contributed by atoms with Crippen molar-refractivity contribution in [2.45, 2.75) is 25.9 Å². The highest BCUT2D eigenvalue weighted by Gasteiger charge is 2.12. The number of hydrogen-bond donors (Lipinski definition) is 1. The minimum absolute atomic E-state index is 0.0556. The van der Waals surface area contributed by atoms with E-state index in [0.717, 1.165) is 29.9 Å². The number of nitrogens with one attached hydrogen (secondary N) is 1. The Kier molecular flexibility index (Phi) is 4.70. The molecule has 0 saturated heterocycles. The van der Waals surface area contributed by atoms with Crippen molar-refractivity contribution in [2.24, 2.45) is 0 Å². The first-order valence-corrected chi connectivity index (χ1v) is 9.01. The van der Waals surface area contributed by atoms with E-state index in [0.29, 0.717) is 5.56 Å². The lowest BCUT2D eigenvalue weighted by Gasteiger charge is -2.14. The molecule has 1 aromatic carbocycles. The van der Waals surface area contributed by atoms with Crippen molar-refractivity contribution < 1.29 is 4.79 Å². The molecule has 27 heavy (non-hydrogen) atoms. The first kappa shape index (κ1) is 17.0. The van der Waals surface area contributed by atoms with Crippen molar-refractivity contribution in [3.63, 3.8) is 0 Å². The molecule has 4 aromatic rings. The van der Waals surface area contributed by atoms with Crippen LogP contribution in [0.1, 0.15) is 23.7 Å². The summed E-state index contributed by atoms with van der Waals surface area (Å²) >= 11 is 0. The lowest BCUT2D eigenvalue weighted by Crippen LogP contribution is -2.33. The standard InChI is InChI=1S/C21H21N5O/c1-16(10-13-26-12-5-11-22-26)23-21(27)18-8-9-20-24-19(15-25(20)14-18)17-6-3-2-4-7-17/h2-9,11-12,14-16H,10,13H2,1H3,(H,23,27)/t16-/m1/s1. The number of aryl methyl sites for hydroxylation is 1. The predicted molar refractivity (Wildman–Crippen MR) is 104 cm³/mol. The van der Waals surface area contributed by atoms with Gasteiger partial charge in [0.2, 0.25) is 0 Å². The lowest BCUT2D eigenvalue weighted by molar-refractivity contribution is 0.0937. The Morgan fingerprint density at radius 1 is 1.11 bits per heavy atom. The third kappa shape index (κ3) is 3.89. The zero-order valence-electron chi connectivity index (χ0n) is 15.1. The van der Waals surface area contributed by atoms with Crippen molar-refractivity contribution in [2.75, 3.05) is 0 Å². The summed E-state index contributed by atoms with van der Waals surface area (Å²) in [5.74, 6) is -0.0835. The fourth-order valence-corrected chi connectivity index (χ4v) is 3.01. The molecule has 0 unspecified atom stereocenters. The maximum atomic E-state index is 12.6. The molecule has 0 spiro atoms. The van der Waals surface area contributed by atoms with Crippen LogP contribution in [0.25, 0.3) is 16.9 Å². The monoisotopic (exact) mass is 359 g/mol. The molecule has 6 heteroatoms. The van der Waals surface area contributed by atoms with Crippen molar-refractivity contribution in [1.29, 1.82) is 0 Å². The molecular formula is C21H21N5O. The number of fused-ring (bicyclic) bond motifs is 1. The van der Waals surface area contributed by atoms with E-state index in [1.165, 1.54) is 0 Å². The number of carbonyl (C=O) groups excluding carboxylic acids is 1. The molecule has 136 valence electrons. The Balaban J connectivity index is 1.45. The van der Waals surface area contributed by atoms with E-state index in [1.807, 2.05) is 83.1 Å². The number of nitrogens with zero attached hydrogens (tertiary/aromatic N) is 4. The minimum atomic E-state index is -0.0835. The van der Waals surface area contributed by atoms with Gasteiger partial charge in [-0.3, -0.25) is 9.48 Å². The number of benzene rings is 1. The second-order valence-electron chi connectivity index (χ2n) is 6.61. The van der Waals surface area contributed by atoms with E-state index in [1.54, 1.807) is 6.20 Å². The molecule has 3 aromatic heterocycles. The van der Waals surface area contributed by atoms with Gasteiger partial charge in [-0.25, -0.2) is 4.98 Å². The summed E-state index contributed by atoms with van der Waals surface area (Å²) in [6.45, 7) is 2.78. The zero-order valence-corrected chi connectivity index (χ0v) is 15.1. The van der Waals surface area contributed by atoms with Gasteiger partial charge in [0.25, 0.3) is 5.91 Å². The first-order valence-electron chi connectivity index (χ1n) is 9.01. The van der Waals surface area contributed by atoms with Gasteiger partial charge < -0.3 is 9.72 Å². The summed E-state index contributed by atoms with van der Waals surface area (Å²) < 4.78 is 3.76. The summed E-state index contributed by atoms with van der Waals surface area (Å²) in [5, 5.41) is 7.23. The van der Waals surface area contributed by atoms with Gasteiger partial charge >= 0.3 is 0 Å². The van der Waals surface area contributed by atoms with Crippen molar-refractivity contribution in [3.05, 3.63) is 78.9 Å². The molecule has 4 rings (SSSR count). The molecule has 1 N–H and O–H groups in total. The summed E-state index contributed by atoms with van der Waals surface area (Å²) in [6.07, 6.45) is 8.27. The van der Waals surface area contributed by atoms with E-state index in [-0.39, 0.29) is 11.9 Å². The average molecular weight is 359 g/mol. The second-order valence-corrected chi connectivity index (χ2v) is 6.61. The van der Waals surface area contributed by atoms with Crippen LogP contribution in [0.15, 0.2) is 73.3 Å². The molecule has 1 atom stereocenters. The van der Waals surface area contributed by atoms with Crippen molar-refractivity contribution in [1.82, 2.24) is 24.5 Å². The molecule has 6 nitrogen and oxygen atoms in total. The van der Waals surface area contributed by atoms with Crippen molar-refractivity contribution >= 4 is 11.6 Å². The van der Waals surface area contributed by atoms with E-state index in [2.05, 4.69) is 15.4 Å². The molecule has 0 aliphatic rings. The molecule has 0 aliphatic carbocycles. The summed E-state index contributed by atoms with van der Waals surface area (Å²) in [4.78, 5) is 17.2. The van der Waals surface area contributed by atoms with Crippen LogP contribution in [-0.2, 0) is 6.54 Å². The molecule has 0 saturated carbocycles. The number of carbonyl (C=O) groups is 1. The number of aromatic nitrogens is 4. The van der Waals surface area contributed by atoms with Crippen molar-refractivity contribution in [3.8, 4) is 11.3 Å². The van der Waals surface area contributed by atoms with E-state index < -0.39 is 0 Å². The zero-order chi connectivity index (χ0) is 18.6. The van der Waals surface area contributed by atoms with Crippen LogP contribution in [0, 0.1) is 0 Å². The van der Waals surface area contributed by atoms with Gasteiger partial charge in [0, 0.05) is 42.9 Å². The molecule has 0 radical (unpaired) electrons. The first-order chi connectivity index (χ1) is 13.2. The molecule has 0 bridgehead atoms. The SMILES string of the molecule is C[C@H](CCn1cccn1)NC(=O)c1ccc2nc(-c3ccccc3)cn2c1. The largest absolute Gasteiger partial charge is 0.349 e. The van der Waals surface area contributed by atoms with E-state index in [4.69, 9.17) is 0 Å². The molecule has 0 fully saturated rings. The summed E-state index contributed by atoms with van der Waals surface area (Å²) in [7, 11) is 0. The topological polar surface area (TPSA) is 64.2 Å². The average Bonchev–Trinajstić information content (AvgIpc) is 3.36. The molecule has 0 aliphatic heterocycles. The Morgan fingerprint density at radius 3 is 2.74 bits per heavy atom. The number of hydrogen-bond acceptors (Lipinski definition) is 3. The summed E-state index contributed by atoms with van der Waals surface area (Å²) in [5.41, 5.74) is 3.38.